The average molecular weight is 302 g/mol. The molecule has 3 heterocycles. The molecule has 0 aromatic carbocycles. The van der Waals surface area contributed by atoms with Crippen LogP contribution in [0.1, 0.15) is 37.3 Å². The van der Waals surface area contributed by atoms with Crippen molar-refractivity contribution >= 4 is 5.91 Å². The van der Waals surface area contributed by atoms with E-state index in [4.69, 9.17) is 0 Å². The molecule has 7 nitrogen and oxygen atoms in total. The van der Waals surface area contributed by atoms with Gasteiger partial charge >= 0.3 is 0 Å². The molecule has 0 radical (unpaired) electrons. The van der Waals surface area contributed by atoms with Crippen LogP contribution in [-0.4, -0.2) is 48.4 Å². The lowest BCUT2D eigenvalue weighted by atomic mass is 10.1. The number of piperidine rings is 1. The van der Waals surface area contributed by atoms with Gasteiger partial charge in [0.25, 0.3) is 0 Å². The molecule has 118 valence electrons. The van der Waals surface area contributed by atoms with Gasteiger partial charge in [-0.3, -0.25) is 14.2 Å². The lowest BCUT2D eigenvalue weighted by molar-refractivity contribution is -0.133. The predicted octanol–water partition coefficient (Wildman–Crippen LogP) is 1.43. The SMILES string of the molecule is Cc1cnn([C@@H]2CCCN(C(=O)CCCn3cncn3)C2)c1. The van der Waals surface area contributed by atoms with Crippen molar-refractivity contribution in [3.63, 3.8) is 0 Å². The second kappa shape index (κ2) is 6.72. The number of aryl methyl sites for hydroxylation is 2. The van der Waals surface area contributed by atoms with Crippen LogP contribution in [0.25, 0.3) is 0 Å². The molecule has 1 atom stereocenters. The van der Waals surface area contributed by atoms with Crippen LogP contribution in [0.2, 0.25) is 0 Å². The molecule has 0 spiro atoms. The Bertz CT molecular complexity index is 605. The van der Waals surface area contributed by atoms with E-state index in [9.17, 15) is 4.79 Å². The van der Waals surface area contributed by atoms with Gasteiger partial charge in [0.1, 0.15) is 12.7 Å². The number of hydrogen-bond donors (Lipinski definition) is 0. The molecular formula is C15H22N6O. The number of carbonyl (C=O) groups is 1. The predicted molar refractivity (Wildman–Crippen MR) is 81.1 cm³/mol. The van der Waals surface area contributed by atoms with Crippen molar-refractivity contribution in [2.45, 2.75) is 45.2 Å². The molecular weight excluding hydrogens is 280 g/mol. The number of hydrogen-bond acceptors (Lipinski definition) is 4. The Labute approximate surface area is 129 Å². The zero-order chi connectivity index (χ0) is 15.4. The standard InChI is InChI=1S/C15H22N6O/c1-13-8-17-21(9-13)14-4-2-6-19(10-14)15(22)5-3-7-20-12-16-11-18-20/h8-9,11-12,14H,2-7,10H2,1H3/t14-/m1/s1. The van der Waals surface area contributed by atoms with Crippen LogP contribution in [0, 0.1) is 6.92 Å². The van der Waals surface area contributed by atoms with Gasteiger partial charge in [0.15, 0.2) is 0 Å². The zero-order valence-electron chi connectivity index (χ0n) is 12.9. The molecule has 22 heavy (non-hydrogen) atoms. The molecule has 2 aromatic rings. The van der Waals surface area contributed by atoms with Crippen LogP contribution in [0.4, 0.5) is 0 Å². The molecule has 7 heteroatoms. The zero-order valence-corrected chi connectivity index (χ0v) is 12.9. The fraction of sp³-hybridized carbons (Fsp3) is 0.600. The monoisotopic (exact) mass is 302 g/mol. The lowest BCUT2D eigenvalue weighted by Crippen LogP contribution is -2.40. The Hall–Kier alpha value is -2.18. The third kappa shape index (κ3) is 3.52. The third-order valence-electron chi connectivity index (χ3n) is 4.10. The molecule has 0 unspecified atom stereocenters. The van der Waals surface area contributed by atoms with Crippen LogP contribution in [0.15, 0.2) is 25.0 Å². The molecule has 0 aliphatic carbocycles. The minimum Gasteiger partial charge on any atom is -0.341 e. The van der Waals surface area contributed by atoms with E-state index in [0.717, 1.165) is 44.5 Å². The quantitative estimate of drug-likeness (QED) is 0.838. The first-order chi connectivity index (χ1) is 10.7. The second-order valence-electron chi connectivity index (χ2n) is 5.90. The summed E-state index contributed by atoms with van der Waals surface area (Å²) in [5.74, 6) is 0.230. The van der Waals surface area contributed by atoms with Crippen LogP contribution < -0.4 is 0 Å². The van der Waals surface area contributed by atoms with Gasteiger partial charge < -0.3 is 4.90 Å². The van der Waals surface area contributed by atoms with E-state index in [2.05, 4.69) is 21.4 Å². The number of nitrogens with zero attached hydrogens (tertiary/aromatic N) is 6. The Morgan fingerprint density at radius 3 is 3.05 bits per heavy atom. The van der Waals surface area contributed by atoms with E-state index < -0.39 is 0 Å². The molecule has 0 bridgehead atoms. The van der Waals surface area contributed by atoms with E-state index >= 15 is 0 Å². The number of amides is 1. The minimum atomic E-state index is 0.230. The first-order valence-corrected chi connectivity index (χ1v) is 7.83. The molecule has 2 aromatic heterocycles. The molecule has 1 amide bonds. The van der Waals surface area contributed by atoms with Crippen molar-refractivity contribution in [1.29, 1.82) is 0 Å². The van der Waals surface area contributed by atoms with Crippen LogP contribution in [0.3, 0.4) is 0 Å². The summed E-state index contributed by atoms with van der Waals surface area (Å²) in [7, 11) is 0. The molecule has 3 rings (SSSR count). The van der Waals surface area contributed by atoms with Crippen molar-refractivity contribution in [2.24, 2.45) is 0 Å². The molecule has 1 aliphatic rings. The van der Waals surface area contributed by atoms with Crippen molar-refractivity contribution in [2.75, 3.05) is 13.1 Å². The lowest BCUT2D eigenvalue weighted by Gasteiger charge is -2.33. The summed E-state index contributed by atoms with van der Waals surface area (Å²) in [5, 5.41) is 8.44. The van der Waals surface area contributed by atoms with Crippen molar-refractivity contribution in [3.05, 3.63) is 30.6 Å². The highest BCUT2D eigenvalue weighted by molar-refractivity contribution is 5.76. The number of carbonyl (C=O) groups excluding carboxylic acids is 1. The maximum Gasteiger partial charge on any atom is 0.222 e. The number of aromatic nitrogens is 5. The van der Waals surface area contributed by atoms with Gasteiger partial charge in [-0.15, -0.1) is 0 Å². The van der Waals surface area contributed by atoms with Crippen molar-refractivity contribution in [1.82, 2.24) is 29.4 Å². The normalized spacial score (nSPS) is 18.6. The summed E-state index contributed by atoms with van der Waals surface area (Å²) < 4.78 is 3.77. The summed E-state index contributed by atoms with van der Waals surface area (Å²) in [6, 6.07) is 0.307. The van der Waals surface area contributed by atoms with E-state index in [0.29, 0.717) is 12.5 Å². The first-order valence-electron chi connectivity index (χ1n) is 7.83. The van der Waals surface area contributed by atoms with E-state index in [1.165, 1.54) is 6.33 Å². The van der Waals surface area contributed by atoms with E-state index in [1.807, 2.05) is 22.7 Å². The molecule has 1 aliphatic heterocycles. The highest BCUT2D eigenvalue weighted by Gasteiger charge is 2.24. The van der Waals surface area contributed by atoms with Gasteiger partial charge in [0.2, 0.25) is 5.91 Å². The van der Waals surface area contributed by atoms with Gasteiger partial charge in [-0.25, -0.2) is 4.98 Å². The van der Waals surface area contributed by atoms with Crippen LogP contribution in [0.5, 0.6) is 0 Å². The fourth-order valence-electron chi connectivity index (χ4n) is 2.93. The van der Waals surface area contributed by atoms with E-state index in [1.54, 1.807) is 11.0 Å². The third-order valence-corrected chi connectivity index (χ3v) is 4.10. The topological polar surface area (TPSA) is 68.8 Å². The summed E-state index contributed by atoms with van der Waals surface area (Å²) >= 11 is 0. The molecule has 0 N–H and O–H groups in total. The Morgan fingerprint density at radius 2 is 2.32 bits per heavy atom. The smallest absolute Gasteiger partial charge is 0.222 e. The second-order valence-corrected chi connectivity index (χ2v) is 5.90. The summed E-state index contributed by atoms with van der Waals surface area (Å²) in [5.41, 5.74) is 1.16. The highest BCUT2D eigenvalue weighted by atomic mass is 16.2. The maximum absolute atomic E-state index is 12.4. The summed E-state index contributed by atoms with van der Waals surface area (Å²) in [6.07, 6.45) is 10.6. The Kier molecular flexibility index (Phi) is 4.50. The van der Waals surface area contributed by atoms with Gasteiger partial charge in [0, 0.05) is 32.3 Å². The summed E-state index contributed by atoms with van der Waals surface area (Å²) in [6.45, 7) is 4.41. The average Bonchev–Trinajstić information content (AvgIpc) is 3.19. The molecule has 0 saturated carbocycles. The maximum atomic E-state index is 12.4. The highest BCUT2D eigenvalue weighted by Crippen LogP contribution is 2.21. The molecule has 1 saturated heterocycles. The van der Waals surface area contributed by atoms with Crippen molar-refractivity contribution in [3.8, 4) is 0 Å². The van der Waals surface area contributed by atoms with Gasteiger partial charge in [-0.05, 0) is 31.7 Å². The van der Waals surface area contributed by atoms with Crippen LogP contribution >= 0.6 is 0 Å². The fourth-order valence-corrected chi connectivity index (χ4v) is 2.93. The van der Waals surface area contributed by atoms with E-state index in [-0.39, 0.29) is 5.91 Å². The first kappa shape index (κ1) is 14.7. The van der Waals surface area contributed by atoms with Gasteiger partial charge in [0.05, 0.1) is 12.2 Å². The largest absolute Gasteiger partial charge is 0.341 e. The van der Waals surface area contributed by atoms with Crippen molar-refractivity contribution < 1.29 is 4.79 Å². The molecule has 1 fully saturated rings. The number of likely N-dealkylation sites (tertiary alicyclic amines) is 1. The number of rotatable bonds is 5. The van der Waals surface area contributed by atoms with Gasteiger partial charge in [-0.1, -0.05) is 0 Å². The summed E-state index contributed by atoms with van der Waals surface area (Å²) in [4.78, 5) is 18.2. The Morgan fingerprint density at radius 1 is 1.41 bits per heavy atom. The van der Waals surface area contributed by atoms with Gasteiger partial charge in [-0.2, -0.15) is 10.2 Å². The Balaban J connectivity index is 1.49. The minimum absolute atomic E-state index is 0.230. The van der Waals surface area contributed by atoms with Crippen LogP contribution in [-0.2, 0) is 11.3 Å².